The molecule has 0 amide bonds. The standard InChI is InChI=1S/C17H13F3N2O/c1-10-6-7-16(23)12(8-10)15-9-14(21-22-15)11-4-2-3-5-13(11)17(18,19)20/h2-9,23H,1H3,(H,21,22). The summed E-state index contributed by atoms with van der Waals surface area (Å²) in [6.45, 7) is 1.86. The fourth-order valence-electron chi connectivity index (χ4n) is 2.42. The highest BCUT2D eigenvalue weighted by molar-refractivity contribution is 5.74. The molecule has 0 bridgehead atoms. The van der Waals surface area contributed by atoms with Crippen LogP contribution in [-0.4, -0.2) is 15.3 Å². The number of H-pyrrole nitrogens is 1. The maximum atomic E-state index is 13.1. The highest BCUT2D eigenvalue weighted by Gasteiger charge is 2.33. The first-order chi connectivity index (χ1) is 10.9. The van der Waals surface area contributed by atoms with Crippen molar-refractivity contribution in [3.05, 3.63) is 59.7 Å². The van der Waals surface area contributed by atoms with E-state index in [0.29, 0.717) is 11.3 Å². The quantitative estimate of drug-likeness (QED) is 0.714. The van der Waals surface area contributed by atoms with E-state index in [1.807, 2.05) is 6.92 Å². The molecule has 1 aromatic heterocycles. The molecule has 0 spiro atoms. The van der Waals surface area contributed by atoms with E-state index in [0.717, 1.165) is 11.6 Å². The minimum absolute atomic E-state index is 0.00496. The summed E-state index contributed by atoms with van der Waals surface area (Å²) in [4.78, 5) is 0. The van der Waals surface area contributed by atoms with Gasteiger partial charge in [0.1, 0.15) is 5.75 Å². The molecule has 3 nitrogen and oxygen atoms in total. The SMILES string of the molecule is Cc1ccc(O)c(-c2cc(-c3ccccc3C(F)(F)F)n[nH]2)c1. The predicted octanol–water partition coefficient (Wildman–Crippen LogP) is 4.78. The Bertz CT molecular complexity index is 853. The van der Waals surface area contributed by atoms with Gasteiger partial charge in [0.15, 0.2) is 0 Å². The van der Waals surface area contributed by atoms with E-state index in [1.54, 1.807) is 12.1 Å². The first kappa shape index (κ1) is 15.1. The Morgan fingerprint density at radius 2 is 1.74 bits per heavy atom. The Balaban J connectivity index is 2.09. The van der Waals surface area contributed by atoms with Gasteiger partial charge in [-0.05, 0) is 31.2 Å². The van der Waals surface area contributed by atoms with Gasteiger partial charge in [-0.2, -0.15) is 18.3 Å². The molecule has 0 aliphatic heterocycles. The number of hydrogen-bond acceptors (Lipinski definition) is 2. The molecule has 1 heterocycles. The van der Waals surface area contributed by atoms with Gasteiger partial charge in [-0.1, -0.05) is 29.8 Å². The Hall–Kier alpha value is -2.76. The molecule has 118 valence electrons. The van der Waals surface area contributed by atoms with Crippen molar-refractivity contribution in [3.8, 4) is 28.3 Å². The largest absolute Gasteiger partial charge is 0.507 e. The number of benzene rings is 2. The van der Waals surface area contributed by atoms with Crippen LogP contribution in [0.25, 0.3) is 22.5 Å². The van der Waals surface area contributed by atoms with Crippen molar-refractivity contribution in [2.45, 2.75) is 13.1 Å². The number of aryl methyl sites for hydroxylation is 1. The highest BCUT2D eigenvalue weighted by Crippen LogP contribution is 2.38. The van der Waals surface area contributed by atoms with Gasteiger partial charge >= 0.3 is 6.18 Å². The summed E-state index contributed by atoms with van der Waals surface area (Å²) in [7, 11) is 0. The second kappa shape index (κ2) is 5.46. The first-order valence-electron chi connectivity index (χ1n) is 6.88. The molecule has 0 saturated carbocycles. The molecule has 3 rings (SSSR count). The number of aromatic amines is 1. The summed E-state index contributed by atoms with van der Waals surface area (Å²) in [6, 6.07) is 11.8. The van der Waals surface area contributed by atoms with Gasteiger partial charge in [0.05, 0.1) is 17.0 Å². The summed E-state index contributed by atoms with van der Waals surface area (Å²) in [5.41, 5.74) is 1.30. The summed E-state index contributed by atoms with van der Waals surface area (Å²) >= 11 is 0. The summed E-state index contributed by atoms with van der Waals surface area (Å²) < 4.78 is 39.3. The monoisotopic (exact) mass is 318 g/mol. The van der Waals surface area contributed by atoms with Crippen LogP contribution < -0.4 is 0 Å². The Morgan fingerprint density at radius 1 is 1.00 bits per heavy atom. The average Bonchev–Trinajstić information content (AvgIpc) is 2.98. The lowest BCUT2D eigenvalue weighted by Gasteiger charge is -2.10. The van der Waals surface area contributed by atoms with Crippen LogP contribution in [0, 0.1) is 6.92 Å². The van der Waals surface area contributed by atoms with Crippen molar-refractivity contribution in [3.63, 3.8) is 0 Å². The molecule has 0 atom stereocenters. The fourth-order valence-corrected chi connectivity index (χ4v) is 2.42. The first-order valence-corrected chi connectivity index (χ1v) is 6.88. The van der Waals surface area contributed by atoms with Crippen LogP contribution in [0.15, 0.2) is 48.5 Å². The summed E-state index contributed by atoms with van der Waals surface area (Å²) in [5, 5.41) is 16.6. The average molecular weight is 318 g/mol. The zero-order valence-electron chi connectivity index (χ0n) is 12.1. The molecule has 2 aromatic carbocycles. The Morgan fingerprint density at radius 3 is 2.48 bits per heavy atom. The van der Waals surface area contributed by atoms with Crippen molar-refractivity contribution in [2.24, 2.45) is 0 Å². The molecule has 0 fully saturated rings. The molecule has 3 aromatic rings. The third-order valence-electron chi connectivity index (χ3n) is 3.53. The minimum atomic E-state index is -4.46. The molecule has 0 aliphatic carbocycles. The van der Waals surface area contributed by atoms with E-state index in [9.17, 15) is 18.3 Å². The lowest BCUT2D eigenvalue weighted by atomic mass is 10.0. The van der Waals surface area contributed by atoms with Crippen molar-refractivity contribution in [1.82, 2.24) is 10.2 Å². The Kier molecular flexibility index (Phi) is 3.60. The predicted molar refractivity (Wildman–Crippen MR) is 80.9 cm³/mol. The second-order valence-corrected chi connectivity index (χ2v) is 5.23. The second-order valence-electron chi connectivity index (χ2n) is 5.23. The van der Waals surface area contributed by atoms with Crippen LogP contribution in [0.3, 0.4) is 0 Å². The topological polar surface area (TPSA) is 48.9 Å². The molecule has 6 heteroatoms. The van der Waals surface area contributed by atoms with Gasteiger partial charge in [0, 0.05) is 11.1 Å². The van der Waals surface area contributed by atoms with Crippen LogP contribution in [0.1, 0.15) is 11.1 Å². The lowest BCUT2D eigenvalue weighted by molar-refractivity contribution is -0.137. The molecule has 0 aliphatic rings. The van der Waals surface area contributed by atoms with Gasteiger partial charge in [-0.25, -0.2) is 0 Å². The number of hydrogen-bond donors (Lipinski definition) is 2. The van der Waals surface area contributed by atoms with Gasteiger partial charge < -0.3 is 5.11 Å². The fraction of sp³-hybridized carbons (Fsp3) is 0.118. The van der Waals surface area contributed by atoms with Crippen LogP contribution >= 0.6 is 0 Å². The third-order valence-corrected chi connectivity index (χ3v) is 3.53. The zero-order valence-corrected chi connectivity index (χ0v) is 12.1. The van der Waals surface area contributed by atoms with Gasteiger partial charge in [-0.3, -0.25) is 5.10 Å². The number of rotatable bonds is 2. The number of halogens is 3. The van der Waals surface area contributed by atoms with Gasteiger partial charge in [-0.15, -0.1) is 0 Å². The number of phenols is 1. The van der Waals surface area contributed by atoms with E-state index in [-0.39, 0.29) is 17.0 Å². The lowest BCUT2D eigenvalue weighted by Crippen LogP contribution is -2.06. The number of nitrogens with one attached hydrogen (secondary N) is 1. The maximum Gasteiger partial charge on any atom is 0.417 e. The zero-order chi connectivity index (χ0) is 16.6. The van der Waals surface area contributed by atoms with E-state index >= 15 is 0 Å². The normalized spacial score (nSPS) is 11.7. The van der Waals surface area contributed by atoms with Gasteiger partial charge in [0.25, 0.3) is 0 Å². The molecular formula is C17H13F3N2O. The van der Waals surface area contributed by atoms with Gasteiger partial charge in [0.2, 0.25) is 0 Å². The maximum absolute atomic E-state index is 13.1. The number of alkyl halides is 3. The van der Waals surface area contributed by atoms with E-state index < -0.39 is 11.7 Å². The number of phenolic OH excluding ortho intramolecular Hbond substituents is 1. The van der Waals surface area contributed by atoms with Crippen molar-refractivity contribution in [2.75, 3.05) is 0 Å². The van der Waals surface area contributed by atoms with Crippen LogP contribution in [0.4, 0.5) is 13.2 Å². The molecule has 2 N–H and O–H groups in total. The smallest absolute Gasteiger partial charge is 0.417 e. The van der Waals surface area contributed by atoms with Crippen molar-refractivity contribution < 1.29 is 18.3 Å². The number of nitrogens with zero attached hydrogens (tertiary/aromatic N) is 1. The van der Waals surface area contributed by atoms with Crippen LogP contribution in [0.5, 0.6) is 5.75 Å². The van der Waals surface area contributed by atoms with Crippen molar-refractivity contribution >= 4 is 0 Å². The van der Waals surface area contributed by atoms with Crippen LogP contribution in [-0.2, 0) is 6.18 Å². The third kappa shape index (κ3) is 2.92. The van der Waals surface area contributed by atoms with Crippen LogP contribution in [0.2, 0.25) is 0 Å². The summed E-state index contributed by atoms with van der Waals surface area (Å²) in [5.74, 6) is 0.0370. The molecular weight excluding hydrogens is 305 g/mol. The molecule has 0 unspecified atom stereocenters. The molecule has 0 radical (unpaired) electrons. The highest BCUT2D eigenvalue weighted by atomic mass is 19.4. The number of aromatic hydroxyl groups is 1. The van der Waals surface area contributed by atoms with E-state index in [4.69, 9.17) is 0 Å². The number of aromatic nitrogens is 2. The van der Waals surface area contributed by atoms with Crippen molar-refractivity contribution in [1.29, 1.82) is 0 Å². The molecule has 23 heavy (non-hydrogen) atoms. The van der Waals surface area contributed by atoms with E-state index in [1.165, 1.54) is 30.3 Å². The van der Waals surface area contributed by atoms with E-state index in [2.05, 4.69) is 10.2 Å². The molecule has 0 saturated heterocycles. The summed E-state index contributed by atoms with van der Waals surface area (Å²) in [6.07, 6.45) is -4.46. The minimum Gasteiger partial charge on any atom is -0.507 e. The Labute approximate surface area is 130 Å².